The van der Waals surface area contributed by atoms with Gasteiger partial charge in [-0.15, -0.1) is 0 Å². The topological polar surface area (TPSA) is 12.5 Å². The number of piperidine rings is 1. The average Bonchev–Trinajstić information content (AvgIpc) is 2.00. The Hall–Kier alpha value is -0.0800. The second-order valence-corrected chi connectivity index (χ2v) is 6.33. The lowest BCUT2D eigenvalue weighted by molar-refractivity contribution is -0.141. The fourth-order valence-electron chi connectivity index (χ4n) is 2.54. The summed E-state index contributed by atoms with van der Waals surface area (Å²) < 4.78 is 5.33. The predicted molar refractivity (Wildman–Crippen MR) is 58.4 cm³/mol. The molecule has 2 aliphatic rings. The maximum atomic E-state index is 5.33. The second kappa shape index (κ2) is 3.49. The van der Waals surface area contributed by atoms with E-state index in [1.165, 1.54) is 32.5 Å². The van der Waals surface area contributed by atoms with E-state index in [1.54, 1.807) is 0 Å². The van der Waals surface area contributed by atoms with Gasteiger partial charge in [-0.25, -0.2) is 0 Å². The Bertz CT molecular complexity index is 193. The van der Waals surface area contributed by atoms with Crippen LogP contribution >= 0.6 is 0 Å². The summed E-state index contributed by atoms with van der Waals surface area (Å²) in [7, 11) is 0. The first kappa shape index (κ1) is 10.4. The van der Waals surface area contributed by atoms with E-state index < -0.39 is 0 Å². The van der Waals surface area contributed by atoms with Crippen molar-refractivity contribution in [2.45, 2.75) is 33.6 Å². The largest absolute Gasteiger partial charge is 0.380 e. The number of nitrogens with zero attached hydrogens (tertiary/aromatic N) is 1. The van der Waals surface area contributed by atoms with Crippen molar-refractivity contribution in [1.82, 2.24) is 4.90 Å². The van der Waals surface area contributed by atoms with Crippen LogP contribution in [0, 0.1) is 10.8 Å². The maximum absolute atomic E-state index is 5.33. The molecule has 0 aliphatic carbocycles. The van der Waals surface area contributed by atoms with Gasteiger partial charge < -0.3 is 9.64 Å². The summed E-state index contributed by atoms with van der Waals surface area (Å²) in [4.78, 5) is 2.61. The fourth-order valence-corrected chi connectivity index (χ4v) is 2.54. The molecule has 82 valence electrons. The molecule has 2 rings (SSSR count). The fraction of sp³-hybridized carbons (Fsp3) is 1.00. The number of likely N-dealkylation sites (tertiary alicyclic amines) is 1. The molecule has 2 fully saturated rings. The smallest absolute Gasteiger partial charge is 0.0545 e. The Labute approximate surface area is 87.6 Å². The highest BCUT2D eigenvalue weighted by atomic mass is 16.5. The van der Waals surface area contributed by atoms with Crippen molar-refractivity contribution in [3.8, 4) is 0 Å². The molecular formula is C12H23NO. The summed E-state index contributed by atoms with van der Waals surface area (Å²) >= 11 is 0. The van der Waals surface area contributed by atoms with Crippen LogP contribution in [0.5, 0.6) is 0 Å². The predicted octanol–water partition coefficient (Wildman–Crippen LogP) is 2.14. The third-order valence-electron chi connectivity index (χ3n) is 3.43. The zero-order valence-electron chi connectivity index (χ0n) is 9.81. The SMILES string of the molecule is CC(C)(C)CN1CCC2(CC1)COC2. The van der Waals surface area contributed by atoms with E-state index in [4.69, 9.17) is 4.74 Å². The van der Waals surface area contributed by atoms with Crippen molar-refractivity contribution in [1.29, 1.82) is 0 Å². The molecule has 0 amide bonds. The lowest BCUT2D eigenvalue weighted by Gasteiger charge is -2.48. The van der Waals surface area contributed by atoms with Crippen LogP contribution in [0.4, 0.5) is 0 Å². The van der Waals surface area contributed by atoms with Gasteiger partial charge in [0.1, 0.15) is 0 Å². The Balaban J connectivity index is 1.78. The number of hydrogen-bond acceptors (Lipinski definition) is 2. The molecule has 14 heavy (non-hydrogen) atoms. The van der Waals surface area contributed by atoms with Gasteiger partial charge in [0.15, 0.2) is 0 Å². The van der Waals surface area contributed by atoms with Gasteiger partial charge in [0, 0.05) is 12.0 Å². The second-order valence-electron chi connectivity index (χ2n) is 6.33. The summed E-state index contributed by atoms with van der Waals surface area (Å²) in [5, 5.41) is 0. The Kier molecular flexibility index (Phi) is 2.61. The number of hydrogen-bond donors (Lipinski definition) is 0. The van der Waals surface area contributed by atoms with Crippen LogP contribution in [0.25, 0.3) is 0 Å². The molecule has 1 spiro atoms. The van der Waals surface area contributed by atoms with Gasteiger partial charge in [-0.05, 0) is 31.3 Å². The first-order valence-corrected chi connectivity index (χ1v) is 5.79. The van der Waals surface area contributed by atoms with E-state index in [9.17, 15) is 0 Å². The number of rotatable bonds is 1. The molecule has 0 unspecified atom stereocenters. The van der Waals surface area contributed by atoms with Crippen LogP contribution in [0.2, 0.25) is 0 Å². The highest BCUT2D eigenvalue weighted by Crippen LogP contribution is 2.38. The van der Waals surface area contributed by atoms with Gasteiger partial charge in [-0.1, -0.05) is 20.8 Å². The quantitative estimate of drug-likeness (QED) is 0.638. The molecule has 0 N–H and O–H groups in total. The molecule has 2 heterocycles. The minimum absolute atomic E-state index is 0.445. The van der Waals surface area contributed by atoms with E-state index in [2.05, 4.69) is 25.7 Å². The molecule has 2 nitrogen and oxygen atoms in total. The Morgan fingerprint density at radius 1 is 1.14 bits per heavy atom. The lowest BCUT2D eigenvalue weighted by atomic mass is 9.76. The molecule has 2 saturated heterocycles. The molecule has 0 bridgehead atoms. The molecule has 2 aliphatic heterocycles. The summed E-state index contributed by atoms with van der Waals surface area (Å²) in [6, 6.07) is 0. The third kappa shape index (κ3) is 2.29. The molecular weight excluding hydrogens is 174 g/mol. The zero-order valence-corrected chi connectivity index (χ0v) is 9.81. The highest BCUT2D eigenvalue weighted by Gasteiger charge is 2.41. The molecule has 0 aromatic carbocycles. The van der Waals surface area contributed by atoms with Gasteiger partial charge in [0.2, 0.25) is 0 Å². The monoisotopic (exact) mass is 197 g/mol. The van der Waals surface area contributed by atoms with Crippen LogP contribution in [-0.2, 0) is 4.74 Å². The van der Waals surface area contributed by atoms with Crippen molar-refractivity contribution in [2.75, 3.05) is 32.8 Å². The molecule has 0 aromatic rings. The summed E-state index contributed by atoms with van der Waals surface area (Å²) in [5.41, 5.74) is 1.04. The van der Waals surface area contributed by atoms with Crippen LogP contribution in [0.1, 0.15) is 33.6 Å². The van der Waals surface area contributed by atoms with E-state index >= 15 is 0 Å². The molecule has 0 radical (unpaired) electrons. The first-order valence-electron chi connectivity index (χ1n) is 5.79. The summed E-state index contributed by atoms with van der Waals surface area (Å²) in [6.45, 7) is 12.8. The van der Waals surface area contributed by atoms with E-state index in [0.717, 1.165) is 13.2 Å². The van der Waals surface area contributed by atoms with Crippen molar-refractivity contribution in [2.24, 2.45) is 10.8 Å². The van der Waals surface area contributed by atoms with E-state index in [-0.39, 0.29) is 0 Å². The summed E-state index contributed by atoms with van der Waals surface area (Å²) in [5.74, 6) is 0. The van der Waals surface area contributed by atoms with E-state index in [0.29, 0.717) is 10.8 Å². The van der Waals surface area contributed by atoms with Gasteiger partial charge in [-0.2, -0.15) is 0 Å². The minimum Gasteiger partial charge on any atom is -0.380 e. The minimum atomic E-state index is 0.445. The van der Waals surface area contributed by atoms with E-state index in [1.807, 2.05) is 0 Å². The average molecular weight is 197 g/mol. The molecule has 0 saturated carbocycles. The third-order valence-corrected chi connectivity index (χ3v) is 3.43. The standard InChI is InChI=1S/C12H23NO/c1-11(2,3)8-13-6-4-12(5-7-13)9-14-10-12/h4-10H2,1-3H3. The maximum Gasteiger partial charge on any atom is 0.0545 e. The van der Waals surface area contributed by atoms with Gasteiger partial charge in [0.05, 0.1) is 13.2 Å². The lowest BCUT2D eigenvalue weighted by Crippen LogP contribution is -2.51. The first-order chi connectivity index (χ1) is 6.49. The zero-order chi connectivity index (χ0) is 10.2. The Morgan fingerprint density at radius 3 is 2.07 bits per heavy atom. The molecule has 2 heteroatoms. The van der Waals surface area contributed by atoms with Crippen molar-refractivity contribution < 1.29 is 4.74 Å². The van der Waals surface area contributed by atoms with Gasteiger partial charge >= 0.3 is 0 Å². The number of ether oxygens (including phenoxy) is 1. The van der Waals surface area contributed by atoms with Crippen LogP contribution in [0.3, 0.4) is 0 Å². The van der Waals surface area contributed by atoms with Crippen LogP contribution in [0.15, 0.2) is 0 Å². The van der Waals surface area contributed by atoms with Crippen LogP contribution in [-0.4, -0.2) is 37.7 Å². The van der Waals surface area contributed by atoms with Gasteiger partial charge in [0.25, 0.3) is 0 Å². The highest BCUT2D eigenvalue weighted by molar-refractivity contribution is 4.91. The van der Waals surface area contributed by atoms with Crippen molar-refractivity contribution in [3.05, 3.63) is 0 Å². The normalized spacial score (nSPS) is 27.6. The molecule has 0 atom stereocenters. The van der Waals surface area contributed by atoms with Gasteiger partial charge in [-0.3, -0.25) is 0 Å². The van der Waals surface area contributed by atoms with Crippen molar-refractivity contribution in [3.63, 3.8) is 0 Å². The molecule has 0 aromatic heterocycles. The van der Waals surface area contributed by atoms with Crippen molar-refractivity contribution >= 4 is 0 Å². The Morgan fingerprint density at radius 2 is 1.71 bits per heavy atom. The summed E-state index contributed by atoms with van der Waals surface area (Å²) in [6.07, 6.45) is 2.70. The van der Waals surface area contributed by atoms with Crippen LogP contribution < -0.4 is 0 Å².